The maximum atomic E-state index is 13.3. The van der Waals surface area contributed by atoms with Crippen molar-refractivity contribution in [1.29, 1.82) is 5.41 Å². The molecule has 0 aliphatic carbocycles. The topological polar surface area (TPSA) is 62.5 Å². The number of esters is 1. The Morgan fingerprint density at radius 3 is 2.48 bits per heavy atom. The van der Waals surface area contributed by atoms with E-state index in [4.69, 9.17) is 10.1 Å². The number of rotatable bonds is 2. The molecule has 0 fully saturated rings. The van der Waals surface area contributed by atoms with Crippen molar-refractivity contribution in [2.24, 2.45) is 10.9 Å². The summed E-state index contributed by atoms with van der Waals surface area (Å²) in [6.45, 7) is 3.20. The predicted molar refractivity (Wildman–Crippen MR) is 80.0 cm³/mol. The lowest BCUT2D eigenvalue weighted by Gasteiger charge is -2.34. The van der Waals surface area contributed by atoms with Crippen molar-refractivity contribution in [2.45, 2.75) is 32.0 Å². The lowest BCUT2D eigenvalue weighted by molar-refractivity contribution is -0.144. The Hall–Kier alpha value is -2.18. The standard InChI is InChI=1S/C16H17F3N2O2/c1-8-12(15(22)23-3)13(14(20)9(2)21-8)10-6-4-5-7-11(10)16(17,18)19/h4-7,9,12-13,20H,1-3H3. The van der Waals surface area contributed by atoms with Gasteiger partial charge in [-0.05, 0) is 25.5 Å². The van der Waals surface area contributed by atoms with E-state index in [-0.39, 0.29) is 11.3 Å². The van der Waals surface area contributed by atoms with Crippen LogP contribution in [0, 0.1) is 11.3 Å². The summed E-state index contributed by atoms with van der Waals surface area (Å²) < 4.78 is 44.7. The van der Waals surface area contributed by atoms with Gasteiger partial charge in [0.15, 0.2) is 0 Å². The van der Waals surface area contributed by atoms with Gasteiger partial charge in [-0.1, -0.05) is 18.2 Å². The summed E-state index contributed by atoms with van der Waals surface area (Å²) in [5, 5.41) is 8.20. The van der Waals surface area contributed by atoms with E-state index in [0.29, 0.717) is 5.71 Å². The fourth-order valence-electron chi connectivity index (χ4n) is 2.94. The molecule has 1 aliphatic rings. The Labute approximate surface area is 131 Å². The van der Waals surface area contributed by atoms with Crippen molar-refractivity contribution in [3.63, 3.8) is 0 Å². The minimum atomic E-state index is -4.57. The summed E-state index contributed by atoms with van der Waals surface area (Å²) in [6, 6.07) is 4.45. The van der Waals surface area contributed by atoms with Crippen molar-refractivity contribution >= 4 is 17.4 Å². The Morgan fingerprint density at radius 1 is 1.30 bits per heavy atom. The molecule has 0 radical (unpaired) electrons. The highest BCUT2D eigenvalue weighted by atomic mass is 19.4. The zero-order chi connectivity index (χ0) is 17.4. The van der Waals surface area contributed by atoms with Crippen LogP contribution in [0.4, 0.5) is 13.2 Å². The number of halogens is 3. The number of carbonyl (C=O) groups excluding carboxylic acids is 1. The molecule has 2 rings (SSSR count). The highest BCUT2D eigenvalue weighted by Crippen LogP contribution is 2.41. The molecule has 124 valence electrons. The van der Waals surface area contributed by atoms with Crippen molar-refractivity contribution in [3.8, 4) is 0 Å². The van der Waals surface area contributed by atoms with Gasteiger partial charge in [0.25, 0.3) is 0 Å². The normalized spacial score (nSPS) is 25.0. The average Bonchev–Trinajstić information content (AvgIpc) is 2.49. The van der Waals surface area contributed by atoms with Crippen molar-refractivity contribution < 1.29 is 22.7 Å². The molecule has 7 heteroatoms. The molecule has 1 aliphatic heterocycles. The second-order valence-electron chi connectivity index (χ2n) is 5.47. The second-order valence-corrected chi connectivity index (χ2v) is 5.47. The highest BCUT2D eigenvalue weighted by Gasteiger charge is 2.44. The van der Waals surface area contributed by atoms with Gasteiger partial charge >= 0.3 is 12.1 Å². The van der Waals surface area contributed by atoms with E-state index in [1.165, 1.54) is 25.3 Å². The maximum Gasteiger partial charge on any atom is 0.416 e. The molecule has 3 unspecified atom stereocenters. The van der Waals surface area contributed by atoms with E-state index in [1.54, 1.807) is 13.8 Å². The second kappa shape index (κ2) is 6.14. The fraction of sp³-hybridized carbons (Fsp3) is 0.438. The summed E-state index contributed by atoms with van der Waals surface area (Å²) >= 11 is 0. The number of methoxy groups -OCH3 is 1. The third-order valence-corrected chi connectivity index (χ3v) is 4.02. The number of hydrogen-bond acceptors (Lipinski definition) is 4. The van der Waals surface area contributed by atoms with Crippen LogP contribution in [0.2, 0.25) is 0 Å². The molecule has 1 aromatic rings. The van der Waals surface area contributed by atoms with Crippen LogP contribution in [0.5, 0.6) is 0 Å². The molecule has 23 heavy (non-hydrogen) atoms. The van der Waals surface area contributed by atoms with E-state index >= 15 is 0 Å². The summed E-state index contributed by atoms with van der Waals surface area (Å²) in [5.41, 5.74) is -0.586. The van der Waals surface area contributed by atoms with Crippen LogP contribution in [0.15, 0.2) is 29.3 Å². The third-order valence-electron chi connectivity index (χ3n) is 4.02. The van der Waals surface area contributed by atoms with E-state index in [2.05, 4.69) is 4.99 Å². The molecular formula is C16H17F3N2O2. The van der Waals surface area contributed by atoms with Crippen LogP contribution in [0.1, 0.15) is 30.9 Å². The maximum absolute atomic E-state index is 13.3. The largest absolute Gasteiger partial charge is 0.468 e. The van der Waals surface area contributed by atoms with Crippen LogP contribution >= 0.6 is 0 Å². The van der Waals surface area contributed by atoms with Crippen molar-refractivity contribution in [3.05, 3.63) is 35.4 Å². The van der Waals surface area contributed by atoms with Gasteiger partial charge < -0.3 is 10.1 Å². The summed E-state index contributed by atoms with van der Waals surface area (Å²) in [6.07, 6.45) is -4.57. The van der Waals surface area contributed by atoms with Gasteiger partial charge in [0.05, 0.1) is 18.7 Å². The summed E-state index contributed by atoms with van der Waals surface area (Å²) in [4.78, 5) is 16.3. The molecule has 3 atom stereocenters. The zero-order valence-corrected chi connectivity index (χ0v) is 12.9. The van der Waals surface area contributed by atoms with Gasteiger partial charge in [0.2, 0.25) is 0 Å². The molecule has 0 spiro atoms. The van der Waals surface area contributed by atoms with Gasteiger partial charge in [-0.15, -0.1) is 0 Å². The first-order valence-electron chi connectivity index (χ1n) is 7.05. The Morgan fingerprint density at radius 2 is 1.91 bits per heavy atom. The first kappa shape index (κ1) is 17.2. The van der Waals surface area contributed by atoms with Crippen LogP contribution in [-0.2, 0) is 15.7 Å². The number of benzene rings is 1. The zero-order valence-electron chi connectivity index (χ0n) is 12.9. The predicted octanol–water partition coefficient (Wildman–Crippen LogP) is 3.46. The molecule has 1 heterocycles. The number of hydrogen-bond donors (Lipinski definition) is 1. The molecule has 0 bridgehead atoms. The Kier molecular flexibility index (Phi) is 4.58. The highest BCUT2D eigenvalue weighted by molar-refractivity contribution is 6.12. The fourth-order valence-corrected chi connectivity index (χ4v) is 2.94. The van der Waals surface area contributed by atoms with Crippen LogP contribution in [-0.4, -0.2) is 30.5 Å². The summed E-state index contributed by atoms with van der Waals surface area (Å²) in [5.74, 6) is -2.75. The molecular weight excluding hydrogens is 309 g/mol. The SMILES string of the molecule is COC(=O)C1C(C)=NC(C)C(=N)C1c1ccccc1C(F)(F)F. The van der Waals surface area contributed by atoms with E-state index in [1.807, 2.05) is 0 Å². The molecule has 0 saturated heterocycles. The Balaban J connectivity index is 2.66. The monoisotopic (exact) mass is 326 g/mol. The first-order chi connectivity index (χ1) is 10.7. The quantitative estimate of drug-likeness (QED) is 0.846. The number of carbonyl (C=O) groups is 1. The van der Waals surface area contributed by atoms with Crippen molar-refractivity contribution in [2.75, 3.05) is 7.11 Å². The number of nitrogens with zero attached hydrogens (tertiary/aromatic N) is 1. The summed E-state index contributed by atoms with van der Waals surface area (Å²) in [7, 11) is 1.17. The van der Waals surface area contributed by atoms with Crippen LogP contribution in [0.3, 0.4) is 0 Å². The van der Waals surface area contributed by atoms with Gasteiger partial charge in [0.1, 0.15) is 5.92 Å². The number of ether oxygens (including phenoxy) is 1. The molecule has 0 amide bonds. The molecule has 0 saturated carbocycles. The molecule has 0 aromatic heterocycles. The van der Waals surface area contributed by atoms with E-state index in [0.717, 1.165) is 6.07 Å². The van der Waals surface area contributed by atoms with Crippen molar-refractivity contribution in [1.82, 2.24) is 0 Å². The van der Waals surface area contributed by atoms with Gasteiger partial charge in [-0.2, -0.15) is 13.2 Å². The Bertz CT molecular complexity index is 668. The molecule has 1 aromatic carbocycles. The van der Waals surface area contributed by atoms with E-state index in [9.17, 15) is 18.0 Å². The van der Waals surface area contributed by atoms with E-state index < -0.39 is 35.6 Å². The number of nitrogens with one attached hydrogen (secondary N) is 1. The van der Waals surface area contributed by atoms with Crippen LogP contribution in [0.25, 0.3) is 0 Å². The minimum absolute atomic E-state index is 0.0253. The lowest BCUT2D eigenvalue weighted by atomic mass is 9.74. The van der Waals surface area contributed by atoms with Gasteiger partial charge in [-0.25, -0.2) is 0 Å². The van der Waals surface area contributed by atoms with Gasteiger partial charge in [0, 0.05) is 17.3 Å². The molecule has 1 N–H and O–H groups in total. The number of alkyl halides is 3. The smallest absolute Gasteiger partial charge is 0.416 e. The minimum Gasteiger partial charge on any atom is -0.468 e. The average molecular weight is 326 g/mol. The third kappa shape index (κ3) is 3.13. The lowest BCUT2D eigenvalue weighted by Crippen LogP contribution is -2.42. The van der Waals surface area contributed by atoms with Crippen LogP contribution < -0.4 is 0 Å². The molecule has 4 nitrogen and oxygen atoms in total. The van der Waals surface area contributed by atoms with Gasteiger partial charge in [-0.3, -0.25) is 9.79 Å². The number of aliphatic imine (C=N–C) groups is 1. The first-order valence-corrected chi connectivity index (χ1v) is 7.05.